The van der Waals surface area contributed by atoms with E-state index < -0.39 is 4.92 Å². The smallest absolute Gasteiger partial charge is 0.271 e. The third-order valence-electron chi connectivity index (χ3n) is 4.17. The fraction of sp³-hybridized carbons (Fsp3) is 0.500. The zero-order valence-corrected chi connectivity index (χ0v) is 10.6. The van der Waals surface area contributed by atoms with Crippen LogP contribution in [0.5, 0.6) is 0 Å². The van der Waals surface area contributed by atoms with Crippen LogP contribution >= 0.6 is 0 Å². The number of anilines is 1. The van der Waals surface area contributed by atoms with Crippen molar-refractivity contribution in [3.05, 3.63) is 33.9 Å². The molecule has 1 aliphatic heterocycles. The Hall–Kier alpha value is -1.91. The number of nitro groups is 1. The summed E-state index contributed by atoms with van der Waals surface area (Å²) in [6.45, 7) is 0. The third kappa shape index (κ3) is 2.09. The van der Waals surface area contributed by atoms with Crippen LogP contribution in [0.1, 0.15) is 42.5 Å². The molecule has 0 aromatic heterocycles. The van der Waals surface area contributed by atoms with Crippen LogP contribution in [0.2, 0.25) is 0 Å². The molecule has 100 valence electrons. The minimum Gasteiger partial charge on any atom is -0.381 e. The lowest BCUT2D eigenvalue weighted by Gasteiger charge is -2.32. The van der Waals surface area contributed by atoms with E-state index in [1.165, 1.54) is 18.6 Å². The summed E-state index contributed by atoms with van der Waals surface area (Å²) in [6, 6.07) is 4.62. The first kappa shape index (κ1) is 12.1. The maximum Gasteiger partial charge on any atom is 0.271 e. The fourth-order valence-corrected chi connectivity index (χ4v) is 3.17. The predicted octanol–water partition coefficient (Wildman–Crippen LogP) is 3.15. The maximum atomic E-state index is 12.5. The molecule has 0 spiro atoms. The molecule has 1 aliphatic carbocycles. The molecule has 0 radical (unpaired) electrons. The SMILES string of the molecule is O=C1c2ccc([N+](=O)[O-])cc2NC2CCCCCC12. The Morgan fingerprint density at radius 3 is 2.79 bits per heavy atom. The molecule has 19 heavy (non-hydrogen) atoms. The number of non-ortho nitro benzene ring substituents is 1. The quantitative estimate of drug-likeness (QED) is 0.622. The number of fused-ring (bicyclic) bond motifs is 2. The molecular formula is C14H16N2O3. The lowest BCUT2D eigenvalue weighted by Crippen LogP contribution is -2.38. The topological polar surface area (TPSA) is 72.2 Å². The van der Waals surface area contributed by atoms with Crippen molar-refractivity contribution in [2.45, 2.75) is 38.1 Å². The summed E-state index contributed by atoms with van der Waals surface area (Å²) in [6.07, 6.45) is 5.27. The number of carbonyl (C=O) groups excluding carboxylic acids is 1. The monoisotopic (exact) mass is 260 g/mol. The van der Waals surface area contributed by atoms with E-state index in [2.05, 4.69) is 5.32 Å². The number of ketones is 1. The van der Waals surface area contributed by atoms with E-state index in [1.54, 1.807) is 6.07 Å². The van der Waals surface area contributed by atoms with E-state index in [4.69, 9.17) is 0 Å². The van der Waals surface area contributed by atoms with E-state index in [0.717, 1.165) is 25.7 Å². The van der Waals surface area contributed by atoms with Gasteiger partial charge in [0.25, 0.3) is 5.69 Å². The van der Waals surface area contributed by atoms with Gasteiger partial charge in [-0.1, -0.05) is 19.3 Å². The van der Waals surface area contributed by atoms with Gasteiger partial charge in [-0.05, 0) is 18.9 Å². The largest absolute Gasteiger partial charge is 0.381 e. The van der Waals surface area contributed by atoms with Gasteiger partial charge in [-0.2, -0.15) is 0 Å². The number of nitrogens with one attached hydrogen (secondary N) is 1. The Bertz CT molecular complexity index is 541. The van der Waals surface area contributed by atoms with Gasteiger partial charge in [0.05, 0.1) is 10.6 Å². The fourth-order valence-electron chi connectivity index (χ4n) is 3.17. The Labute approximate surface area is 111 Å². The highest BCUT2D eigenvalue weighted by Gasteiger charge is 2.36. The summed E-state index contributed by atoms with van der Waals surface area (Å²) in [5.41, 5.74) is 1.27. The Morgan fingerprint density at radius 2 is 2.00 bits per heavy atom. The van der Waals surface area contributed by atoms with Crippen molar-refractivity contribution < 1.29 is 9.72 Å². The number of rotatable bonds is 1. The van der Waals surface area contributed by atoms with Crippen LogP contribution in [0.3, 0.4) is 0 Å². The Morgan fingerprint density at radius 1 is 1.21 bits per heavy atom. The van der Waals surface area contributed by atoms with Crippen molar-refractivity contribution in [3.8, 4) is 0 Å². The van der Waals surface area contributed by atoms with Gasteiger partial charge in [-0.15, -0.1) is 0 Å². The average molecular weight is 260 g/mol. The molecule has 5 nitrogen and oxygen atoms in total. The molecule has 1 heterocycles. The van der Waals surface area contributed by atoms with E-state index in [1.807, 2.05) is 0 Å². The number of nitro benzene ring substituents is 1. The second-order valence-corrected chi connectivity index (χ2v) is 5.35. The summed E-state index contributed by atoms with van der Waals surface area (Å²) in [5.74, 6) is 0.187. The van der Waals surface area contributed by atoms with Crippen molar-refractivity contribution in [2.24, 2.45) is 5.92 Å². The van der Waals surface area contributed by atoms with Crippen molar-refractivity contribution >= 4 is 17.2 Å². The van der Waals surface area contributed by atoms with Gasteiger partial charge < -0.3 is 5.32 Å². The van der Waals surface area contributed by atoms with Gasteiger partial charge in [-0.25, -0.2) is 0 Å². The normalized spacial score (nSPS) is 25.8. The lowest BCUT2D eigenvalue weighted by molar-refractivity contribution is -0.384. The Balaban J connectivity index is 1.99. The number of carbonyl (C=O) groups is 1. The molecule has 0 bridgehead atoms. The van der Waals surface area contributed by atoms with Crippen LogP contribution in [0.25, 0.3) is 0 Å². The third-order valence-corrected chi connectivity index (χ3v) is 4.17. The molecule has 1 N–H and O–H groups in total. The number of nitrogens with zero attached hydrogens (tertiary/aromatic N) is 1. The number of hydrogen-bond donors (Lipinski definition) is 1. The molecule has 1 saturated carbocycles. The van der Waals surface area contributed by atoms with Crippen LogP contribution in [0.4, 0.5) is 11.4 Å². The van der Waals surface area contributed by atoms with Gasteiger partial charge in [0.1, 0.15) is 0 Å². The zero-order chi connectivity index (χ0) is 13.4. The van der Waals surface area contributed by atoms with Gasteiger partial charge in [0.2, 0.25) is 0 Å². The zero-order valence-electron chi connectivity index (χ0n) is 10.6. The minimum absolute atomic E-state index is 0.0334. The van der Waals surface area contributed by atoms with Crippen LogP contribution in [-0.4, -0.2) is 16.7 Å². The molecule has 5 heteroatoms. The maximum absolute atomic E-state index is 12.5. The number of Topliss-reactive ketones (excluding diaryl/α,β-unsaturated/α-hetero) is 1. The highest BCUT2D eigenvalue weighted by atomic mass is 16.6. The van der Waals surface area contributed by atoms with E-state index in [0.29, 0.717) is 11.3 Å². The van der Waals surface area contributed by atoms with Crippen molar-refractivity contribution in [3.63, 3.8) is 0 Å². The van der Waals surface area contributed by atoms with Gasteiger partial charge in [0, 0.05) is 29.7 Å². The molecule has 0 saturated heterocycles. The summed E-state index contributed by atoms with van der Waals surface area (Å²) in [7, 11) is 0. The molecule has 0 amide bonds. The van der Waals surface area contributed by atoms with E-state index >= 15 is 0 Å². The minimum atomic E-state index is -0.425. The first-order chi connectivity index (χ1) is 9.16. The van der Waals surface area contributed by atoms with Crippen molar-refractivity contribution in [2.75, 3.05) is 5.32 Å². The highest BCUT2D eigenvalue weighted by Crippen LogP contribution is 2.36. The summed E-state index contributed by atoms with van der Waals surface area (Å²) in [5, 5.41) is 14.1. The van der Waals surface area contributed by atoms with Crippen LogP contribution < -0.4 is 5.32 Å². The van der Waals surface area contributed by atoms with Crippen LogP contribution in [0, 0.1) is 16.0 Å². The highest BCUT2D eigenvalue weighted by molar-refractivity contribution is 6.05. The standard InChI is InChI=1S/C14H16N2O3/c17-14-10-4-2-1-3-5-12(10)15-13-8-9(16(18)19)6-7-11(13)14/h6-8,10,12,15H,1-5H2. The van der Waals surface area contributed by atoms with Gasteiger partial charge in [0.15, 0.2) is 5.78 Å². The second kappa shape index (κ2) is 4.64. The molecule has 2 atom stereocenters. The molecule has 1 fully saturated rings. The van der Waals surface area contributed by atoms with Gasteiger partial charge >= 0.3 is 0 Å². The van der Waals surface area contributed by atoms with Crippen LogP contribution in [0.15, 0.2) is 18.2 Å². The van der Waals surface area contributed by atoms with Crippen LogP contribution in [-0.2, 0) is 0 Å². The number of benzene rings is 1. The summed E-state index contributed by atoms with van der Waals surface area (Å²) in [4.78, 5) is 22.8. The van der Waals surface area contributed by atoms with Gasteiger partial charge in [-0.3, -0.25) is 14.9 Å². The average Bonchev–Trinajstić information content (AvgIpc) is 2.63. The van der Waals surface area contributed by atoms with E-state index in [-0.39, 0.29) is 23.4 Å². The molecule has 1 aromatic carbocycles. The molecule has 2 unspecified atom stereocenters. The second-order valence-electron chi connectivity index (χ2n) is 5.35. The van der Waals surface area contributed by atoms with E-state index in [9.17, 15) is 14.9 Å². The first-order valence-electron chi connectivity index (χ1n) is 6.76. The molecular weight excluding hydrogens is 244 g/mol. The molecule has 2 aliphatic rings. The molecule has 3 rings (SSSR count). The van der Waals surface area contributed by atoms with Crippen molar-refractivity contribution in [1.82, 2.24) is 0 Å². The number of hydrogen-bond acceptors (Lipinski definition) is 4. The Kier molecular flexibility index (Phi) is 2.97. The first-order valence-corrected chi connectivity index (χ1v) is 6.76. The lowest BCUT2D eigenvalue weighted by atomic mass is 9.83. The predicted molar refractivity (Wildman–Crippen MR) is 71.4 cm³/mol. The summed E-state index contributed by atoms with van der Waals surface area (Å²) < 4.78 is 0. The van der Waals surface area contributed by atoms with Crippen molar-refractivity contribution in [1.29, 1.82) is 0 Å². The molecule has 1 aromatic rings. The summed E-state index contributed by atoms with van der Waals surface area (Å²) >= 11 is 0.